The molecule has 0 bridgehead atoms. The molecule has 4 N–H and O–H groups in total. The number of rotatable bonds is 5. The minimum absolute atomic E-state index is 0.0534. The third-order valence-corrected chi connectivity index (χ3v) is 2.56. The Kier molecular flexibility index (Phi) is 4.36. The minimum Gasteiger partial charge on any atom is -0.409 e. The third-order valence-electron chi connectivity index (χ3n) is 2.56. The molecule has 0 aliphatic carbocycles. The molecule has 1 fully saturated rings. The lowest BCUT2D eigenvalue weighted by Gasteiger charge is -2.11. The van der Waals surface area contributed by atoms with Crippen LogP contribution in [0.15, 0.2) is 5.16 Å². The summed E-state index contributed by atoms with van der Waals surface area (Å²) in [7, 11) is 1.81. The molecule has 1 rings (SSSR count). The van der Waals surface area contributed by atoms with Crippen molar-refractivity contribution in [2.24, 2.45) is 10.9 Å². The summed E-state index contributed by atoms with van der Waals surface area (Å²) in [5.41, 5.74) is 5.31. The fourth-order valence-electron chi connectivity index (χ4n) is 1.61. The number of likely N-dealkylation sites (tertiary alicyclic amines) is 1. The van der Waals surface area contributed by atoms with Gasteiger partial charge >= 0.3 is 0 Å². The maximum atomic E-state index is 11.5. The van der Waals surface area contributed by atoms with Crippen molar-refractivity contribution in [3.63, 3.8) is 0 Å². The SMILES string of the molecule is CN1CCC(NCCCC(N)=NO)C1=O. The molecule has 0 spiro atoms. The summed E-state index contributed by atoms with van der Waals surface area (Å²) in [6.07, 6.45) is 2.17. The normalized spacial score (nSPS) is 22.5. The van der Waals surface area contributed by atoms with Crippen LogP contribution in [-0.2, 0) is 4.79 Å². The summed E-state index contributed by atoms with van der Waals surface area (Å²) in [6, 6.07) is -0.0534. The summed E-state index contributed by atoms with van der Waals surface area (Å²) < 4.78 is 0. The molecule has 0 radical (unpaired) electrons. The van der Waals surface area contributed by atoms with Gasteiger partial charge in [-0.15, -0.1) is 0 Å². The lowest BCUT2D eigenvalue weighted by molar-refractivity contribution is -0.128. The maximum absolute atomic E-state index is 11.5. The Labute approximate surface area is 89.1 Å². The second-order valence-corrected chi connectivity index (χ2v) is 3.75. The van der Waals surface area contributed by atoms with E-state index in [-0.39, 0.29) is 17.8 Å². The molecule has 1 amide bonds. The maximum Gasteiger partial charge on any atom is 0.239 e. The van der Waals surface area contributed by atoms with Crippen LogP contribution in [0.1, 0.15) is 19.3 Å². The number of nitrogens with two attached hydrogens (primary N) is 1. The first-order chi connectivity index (χ1) is 7.15. The lowest BCUT2D eigenvalue weighted by Crippen LogP contribution is -2.37. The molecule has 0 saturated carbocycles. The number of amidine groups is 1. The Bertz CT molecular complexity index is 254. The fourth-order valence-corrected chi connectivity index (χ4v) is 1.61. The van der Waals surface area contributed by atoms with Crippen molar-refractivity contribution in [2.75, 3.05) is 20.1 Å². The van der Waals surface area contributed by atoms with Gasteiger partial charge in [0, 0.05) is 20.0 Å². The van der Waals surface area contributed by atoms with E-state index < -0.39 is 0 Å². The van der Waals surface area contributed by atoms with Gasteiger partial charge in [0.1, 0.15) is 5.84 Å². The molecule has 86 valence electrons. The van der Waals surface area contributed by atoms with Crippen LogP contribution in [0.25, 0.3) is 0 Å². The van der Waals surface area contributed by atoms with Crippen molar-refractivity contribution >= 4 is 11.7 Å². The number of amides is 1. The van der Waals surface area contributed by atoms with Crippen LogP contribution in [-0.4, -0.2) is 48.0 Å². The zero-order chi connectivity index (χ0) is 11.3. The van der Waals surface area contributed by atoms with E-state index in [1.54, 1.807) is 11.9 Å². The van der Waals surface area contributed by atoms with Crippen LogP contribution in [0.5, 0.6) is 0 Å². The number of nitrogens with zero attached hydrogens (tertiary/aromatic N) is 2. The Balaban J connectivity index is 2.13. The highest BCUT2D eigenvalue weighted by atomic mass is 16.4. The topological polar surface area (TPSA) is 90.9 Å². The van der Waals surface area contributed by atoms with E-state index in [2.05, 4.69) is 10.5 Å². The fraction of sp³-hybridized carbons (Fsp3) is 0.778. The first-order valence-corrected chi connectivity index (χ1v) is 5.10. The molecular weight excluding hydrogens is 196 g/mol. The van der Waals surface area contributed by atoms with Crippen LogP contribution < -0.4 is 11.1 Å². The van der Waals surface area contributed by atoms with Crippen LogP contribution >= 0.6 is 0 Å². The lowest BCUT2D eigenvalue weighted by atomic mass is 10.2. The first kappa shape index (κ1) is 11.8. The van der Waals surface area contributed by atoms with E-state index in [0.717, 1.165) is 19.4 Å². The Hall–Kier alpha value is -1.30. The van der Waals surface area contributed by atoms with Gasteiger partial charge in [0.2, 0.25) is 5.91 Å². The predicted octanol–water partition coefficient (Wildman–Crippen LogP) is -0.667. The summed E-state index contributed by atoms with van der Waals surface area (Å²) in [5, 5.41) is 14.3. The van der Waals surface area contributed by atoms with E-state index in [0.29, 0.717) is 13.0 Å². The standard InChI is InChI=1S/C9H18N4O2/c1-13-6-4-7(9(13)14)11-5-2-3-8(10)12-15/h7,11,15H,2-6H2,1H3,(H2,10,12). The van der Waals surface area contributed by atoms with Crippen molar-refractivity contribution in [3.8, 4) is 0 Å². The number of hydrogen-bond donors (Lipinski definition) is 3. The number of nitrogens with one attached hydrogen (secondary N) is 1. The molecule has 1 saturated heterocycles. The second kappa shape index (κ2) is 5.55. The number of carbonyl (C=O) groups is 1. The third kappa shape index (κ3) is 3.39. The molecule has 1 unspecified atom stereocenters. The summed E-state index contributed by atoms with van der Waals surface area (Å²) in [6.45, 7) is 1.53. The quantitative estimate of drug-likeness (QED) is 0.186. The Morgan fingerprint density at radius 1 is 1.80 bits per heavy atom. The van der Waals surface area contributed by atoms with Crippen molar-refractivity contribution in [2.45, 2.75) is 25.3 Å². The van der Waals surface area contributed by atoms with E-state index in [1.165, 1.54) is 0 Å². The van der Waals surface area contributed by atoms with E-state index >= 15 is 0 Å². The van der Waals surface area contributed by atoms with Crippen LogP contribution in [0.2, 0.25) is 0 Å². The van der Waals surface area contributed by atoms with Gasteiger partial charge < -0.3 is 21.2 Å². The van der Waals surface area contributed by atoms with E-state index in [1.807, 2.05) is 0 Å². The summed E-state index contributed by atoms with van der Waals surface area (Å²) in [5.74, 6) is 0.380. The van der Waals surface area contributed by atoms with E-state index in [4.69, 9.17) is 10.9 Å². The van der Waals surface area contributed by atoms with E-state index in [9.17, 15) is 4.79 Å². The van der Waals surface area contributed by atoms with Crippen molar-refractivity contribution in [3.05, 3.63) is 0 Å². The van der Waals surface area contributed by atoms with Crippen LogP contribution in [0.4, 0.5) is 0 Å². The predicted molar refractivity (Wildman–Crippen MR) is 56.7 cm³/mol. The van der Waals surface area contributed by atoms with Gasteiger partial charge in [0.25, 0.3) is 0 Å². The molecule has 1 aliphatic rings. The highest BCUT2D eigenvalue weighted by molar-refractivity contribution is 5.83. The van der Waals surface area contributed by atoms with Gasteiger partial charge in [-0.1, -0.05) is 5.16 Å². The molecule has 1 atom stereocenters. The molecular formula is C9H18N4O2. The molecule has 0 aromatic carbocycles. The number of hydrogen-bond acceptors (Lipinski definition) is 4. The zero-order valence-electron chi connectivity index (χ0n) is 8.94. The van der Waals surface area contributed by atoms with Crippen LogP contribution in [0.3, 0.4) is 0 Å². The molecule has 6 nitrogen and oxygen atoms in total. The number of oxime groups is 1. The average Bonchev–Trinajstić information content (AvgIpc) is 2.55. The van der Waals surface area contributed by atoms with Gasteiger partial charge in [0.05, 0.1) is 6.04 Å². The van der Waals surface area contributed by atoms with Gasteiger partial charge in [-0.2, -0.15) is 0 Å². The highest BCUT2D eigenvalue weighted by Crippen LogP contribution is 2.08. The zero-order valence-corrected chi connectivity index (χ0v) is 8.94. The van der Waals surface area contributed by atoms with Crippen molar-refractivity contribution < 1.29 is 10.0 Å². The molecule has 1 heterocycles. The first-order valence-electron chi connectivity index (χ1n) is 5.10. The highest BCUT2D eigenvalue weighted by Gasteiger charge is 2.27. The molecule has 1 aliphatic heterocycles. The second-order valence-electron chi connectivity index (χ2n) is 3.75. The summed E-state index contributed by atoms with van der Waals surface area (Å²) in [4.78, 5) is 13.2. The minimum atomic E-state index is -0.0534. The molecule has 0 aromatic rings. The molecule has 6 heteroatoms. The monoisotopic (exact) mass is 214 g/mol. The number of carbonyl (C=O) groups excluding carboxylic acids is 1. The van der Waals surface area contributed by atoms with Gasteiger partial charge in [-0.25, -0.2) is 0 Å². The smallest absolute Gasteiger partial charge is 0.239 e. The average molecular weight is 214 g/mol. The largest absolute Gasteiger partial charge is 0.409 e. The molecule has 15 heavy (non-hydrogen) atoms. The van der Waals surface area contributed by atoms with Crippen molar-refractivity contribution in [1.29, 1.82) is 0 Å². The van der Waals surface area contributed by atoms with Crippen LogP contribution in [0, 0.1) is 0 Å². The Morgan fingerprint density at radius 2 is 2.53 bits per heavy atom. The Morgan fingerprint density at radius 3 is 3.07 bits per heavy atom. The van der Waals surface area contributed by atoms with Gasteiger partial charge in [0.15, 0.2) is 0 Å². The molecule has 0 aromatic heterocycles. The summed E-state index contributed by atoms with van der Waals surface area (Å²) >= 11 is 0. The van der Waals surface area contributed by atoms with Gasteiger partial charge in [-0.3, -0.25) is 4.79 Å². The van der Waals surface area contributed by atoms with Crippen molar-refractivity contribution in [1.82, 2.24) is 10.2 Å². The number of likely N-dealkylation sites (N-methyl/N-ethyl adjacent to an activating group) is 1. The van der Waals surface area contributed by atoms with Gasteiger partial charge in [-0.05, 0) is 19.4 Å².